The molecule has 0 aliphatic carbocycles. The van der Waals surface area contributed by atoms with Crippen molar-refractivity contribution in [1.82, 2.24) is 0 Å². The highest BCUT2D eigenvalue weighted by Gasteiger charge is 2.36. The number of esters is 2. The first-order valence-corrected chi connectivity index (χ1v) is 6.02. The Kier molecular flexibility index (Phi) is 9.06. The molecule has 0 aliphatic heterocycles. The predicted molar refractivity (Wildman–Crippen MR) is 66.9 cm³/mol. The molecule has 118 valence electrons. The van der Waals surface area contributed by atoms with Gasteiger partial charge in [0, 0.05) is 28.1 Å². The Bertz CT molecular complexity index is 306. The second-order valence-electron chi connectivity index (χ2n) is 4.10. The molecule has 0 rings (SSSR count). The lowest BCUT2D eigenvalue weighted by molar-refractivity contribution is -0.178. The van der Waals surface area contributed by atoms with E-state index in [-0.39, 0.29) is 6.61 Å². The molecule has 0 aliphatic rings. The fourth-order valence-corrected chi connectivity index (χ4v) is 1.65. The Morgan fingerprint density at radius 2 is 1.65 bits per heavy atom. The van der Waals surface area contributed by atoms with Crippen LogP contribution in [0.25, 0.3) is 0 Å². The monoisotopic (exact) mass is 294 g/mol. The van der Waals surface area contributed by atoms with Crippen molar-refractivity contribution in [2.75, 3.05) is 27.4 Å². The number of hydrogen-bond donors (Lipinski definition) is 2. The highest BCUT2D eigenvalue weighted by atomic mass is 16.6. The van der Waals surface area contributed by atoms with E-state index in [1.165, 1.54) is 28.1 Å². The lowest BCUT2D eigenvalue weighted by Crippen LogP contribution is -2.50. The maximum Gasteiger partial charge on any atom is 0.303 e. The number of ether oxygens (including phenoxy) is 4. The summed E-state index contributed by atoms with van der Waals surface area (Å²) >= 11 is 0. The number of aliphatic hydroxyl groups excluding tert-OH is 2. The van der Waals surface area contributed by atoms with E-state index in [0.29, 0.717) is 0 Å². The number of carbonyl (C=O) groups excluding carboxylic acids is 2. The zero-order valence-corrected chi connectivity index (χ0v) is 12.1. The SMILES string of the molecule is COC(COC(C)=O)C(O)C(OC)C(CO)OC(C)=O. The van der Waals surface area contributed by atoms with Crippen molar-refractivity contribution in [2.24, 2.45) is 0 Å². The topological polar surface area (TPSA) is 112 Å². The quantitative estimate of drug-likeness (QED) is 0.514. The third-order valence-corrected chi connectivity index (χ3v) is 2.61. The molecule has 0 amide bonds. The summed E-state index contributed by atoms with van der Waals surface area (Å²) in [5.74, 6) is -1.14. The van der Waals surface area contributed by atoms with Crippen molar-refractivity contribution in [3.8, 4) is 0 Å². The summed E-state index contributed by atoms with van der Waals surface area (Å²) in [6, 6.07) is 0. The standard InChI is InChI=1S/C12H22O8/c1-7(14)19-6-10(17-3)11(16)12(18-4)9(5-13)20-8(2)15/h9-13,16H,5-6H2,1-4H3. The van der Waals surface area contributed by atoms with Gasteiger partial charge < -0.3 is 29.2 Å². The summed E-state index contributed by atoms with van der Waals surface area (Å²) in [7, 11) is 2.61. The molecule has 0 saturated carbocycles. The Morgan fingerprint density at radius 1 is 1.05 bits per heavy atom. The molecular weight excluding hydrogens is 272 g/mol. The van der Waals surface area contributed by atoms with E-state index in [4.69, 9.17) is 18.9 Å². The van der Waals surface area contributed by atoms with Crippen LogP contribution >= 0.6 is 0 Å². The number of methoxy groups -OCH3 is 2. The van der Waals surface area contributed by atoms with Gasteiger partial charge in [-0.3, -0.25) is 9.59 Å². The molecule has 0 radical (unpaired) electrons. The molecule has 4 atom stereocenters. The molecule has 0 aromatic carbocycles. The molecule has 0 bridgehead atoms. The van der Waals surface area contributed by atoms with Crippen LogP contribution in [-0.4, -0.2) is 74.0 Å². The third-order valence-electron chi connectivity index (χ3n) is 2.61. The van der Waals surface area contributed by atoms with Gasteiger partial charge in [0.1, 0.15) is 24.9 Å². The third kappa shape index (κ3) is 6.29. The average Bonchev–Trinajstić information content (AvgIpc) is 2.38. The zero-order valence-electron chi connectivity index (χ0n) is 12.1. The fraction of sp³-hybridized carbons (Fsp3) is 0.833. The van der Waals surface area contributed by atoms with Crippen molar-refractivity contribution in [1.29, 1.82) is 0 Å². The number of aliphatic hydroxyl groups is 2. The van der Waals surface area contributed by atoms with Gasteiger partial charge in [0.15, 0.2) is 6.10 Å². The van der Waals surface area contributed by atoms with Crippen molar-refractivity contribution in [3.05, 3.63) is 0 Å². The molecule has 0 saturated heterocycles. The lowest BCUT2D eigenvalue weighted by Gasteiger charge is -2.31. The van der Waals surface area contributed by atoms with Gasteiger partial charge in [-0.1, -0.05) is 0 Å². The normalized spacial score (nSPS) is 16.9. The zero-order chi connectivity index (χ0) is 15.7. The Balaban J connectivity index is 4.80. The van der Waals surface area contributed by atoms with E-state index >= 15 is 0 Å². The minimum atomic E-state index is -1.26. The molecule has 0 aromatic rings. The van der Waals surface area contributed by atoms with Gasteiger partial charge in [-0.25, -0.2) is 0 Å². The number of carbonyl (C=O) groups is 2. The average molecular weight is 294 g/mol. The molecule has 0 heterocycles. The van der Waals surface area contributed by atoms with Crippen LogP contribution in [0.1, 0.15) is 13.8 Å². The van der Waals surface area contributed by atoms with Crippen LogP contribution in [0.4, 0.5) is 0 Å². The summed E-state index contributed by atoms with van der Waals surface area (Å²) in [6.45, 7) is 1.68. The van der Waals surface area contributed by atoms with E-state index in [0.717, 1.165) is 0 Å². The van der Waals surface area contributed by atoms with Gasteiger partial charge >= 0.3 is 11.9 Å². The highest BCUT2D eigenvalue weighted by Crippen LogP contribution is 2.14. The molecule has 8 heteroatoms. The maximum absolute atomic E-state index is 10.9. The molecule has 20 heavy (non-hydrogen) atoms. The Labute approximate surface area is 117 Å². The Hall–Kier alpha value is -1.22. The fourth-order valence-electron chi connectivity index (χ4n) is 1.65. The van der Waals surface area contributed by atoms with E-state index < -0.39 is 43.0 Å². The van der Waals surface area contributed by atoms with Crippen molar-refractivity contribution < 1.29 is 38.7 Å². The van der Waals surface area contributed by atoms with Crippen molar-refractivity contribution in [3.63, 3.8) is 0 Å². The smallest absolute Gasteiger partial charge is 0.303 e. The van der Waals surface area contributed by atoms with Crippen molar-refractivity contribution in [2.45, 2.75) is 38.3 Å². The van der Waals surface area contributed by atoms with Crippen LogP contribution in [0.2, 0.25) is 0 Å². The number of hydrogen-bond acceptors (Lipinski definition) is 8. The van der Waals surface area contributed by atoms with Gasteiger partial charge in [-0.05, 0) is 0 Å². The van der Waals surface area contributed by atoms with E-state index in [2.05, 4.69) is 0 Å². The maximum atomic E-state index is 10.9. The minimum Gasteiger partial charge on any atom is -0.463 e. The molecule has 0 spiro atoms. The first-order chi connectivity index (χ1) is 9.37. The van der Waals surface area contributed by atoms with Gasteiger partial charge in [0.25, 0.3) is 0 Å². The van der Waals surface area contributed by atoms with E-state index in [1.54, 1.807) is 0 Å². The van der Waals surface area contributed by atoms with Crippen LogP contribution in [-0.2, 0) is 28.5 Å². The minimum absolute atomic E-state index is 0.189. The van der Waals surface area contributed by atoms with Gasteiger partial charge in [-0.15, -0.1) is 0 Å². The summed E-state index contributed by atoms with van der Waals surface area (Å²) < 4.78 is 19.7. The summed E-state index contributed by atoms with van der Waals surface area (Å²) in [4.78, 5) is 21.7. The van der Waals surface area contributed by atoms with Crippen LogP contribution in [0.15, 0.2) is 0 Å². The van der Waals surface area contributed by atoms with Crippen LogP contribution in [0, 0.1) is 0 Å². The highest BCUT2D eigenvalue weighted by molar-refractivity contribution is 5.66. The van der Waals surface area contributed by atoms with Crippen molar-refractivity contribution >= 4 is 11.9 Å². The first kappa shape index (κ1) is 18.8. The molecule has 4 unspecified atom stereocenters. The summed E-state index contributed by atoms with van der Waals surface area (Å²) in [6.07, 6.45) is -4.22. The number of rotatable bonds is 9. The van der Waals surface area contributed by atoms with Gasteiger partial charge in [0.2, 0.25) is 0 Å². The largest absolute Gasteiger partial charge is 0.463 e. The van der Waals surface area contributed by atoms with Crippen LogP contribution in [0.5, 0.6) is 0 Å². The molecular formula is C12H22O8. The first-order valence-electron chi connectivity index (χ1n) is 6.02. The summed E-state index contributed by atoms with van der Waals surface area (Å²) in [5.41, 5.74) is 0. The van der Waals surface area contributed by atoms with Gasteiger partial charge in [0.05, 0.1) is 6.61 Å². The van der Waals surface area contributed by atoms with Gasteiger partial charge in [-0.2, -0.15) is 0 Å². The molecule has 0 fully saturated rings. The van der Waals surface area contributed by atoms with Crippen LogP contribution < -0.4 is 0 Å². The Morgan fingerprint density at radius 3 is 2.00 bits per heavy atom. The van der Waals surface area contributed by atoms with E-state index in [1.807, 2.05) is 0 Å². The predicted octanol–water partition coefficient (Wildman–Crippen LogP) is -1.14. The van der Waals surface area contributed by atoms with Crippen LogP contribution in [0.3, 0.4) is 0 Å². The second kappa shape index (κ2) is 9.65. The van der Waals surface area contributed by atoms with E-state index in [9.17, 15) is 19.8 Å². The molecule has 2 N–H and O–H groups in total. The lowest BCUT2D eigenvalue weighted by atomic mass is 10.0. The second-order valence-corrected chi connectivity index (χ2v) is 4.10. The summed E-state index contributed by atoms with van der Waals surface area (Å²) in [5, 5.41) is 19.4. The molecule has 0 aromatic heterocycles. The molecule has 8 nitrogen and oxygen atoms in total.